The van der Waals surface area contributed by atoms with Gasteiger partial charge in [0.15, 0.2) is 0 Å². The number of carbonyl (C=O) groups excluding carboxylic acids is 1. The Morgan fingerprint density at radius 1 is 1.23 bits per heavy atom. The minimum absolute atomic E-state index is 0.140. The third-order valence-corrected chi connectivity index (χ3v) is 4.85. The van der Waals surface area contributed by atoms with Gasteiger partial charge in [-0.15, -0.1) is 0 Å². The summed E-state index contributed by atoms with van der Waals surface area (Å²) in [7, 11) is 0. The molecule has 5 nitrogen and oxygen atoms in total. The Bertz CT molecular complexity index is 944. The molecule has 0 amide bonds. The van der Waals surface area contributed by atoms with Crippen molar-refractivity contribution in [3.05, 3.63) is 74.8 Å². The molecule has 0 aliphatic rings. The van der Waals surface area contributed by atoms with Crippen LogP contribution in [0.2, 0.25) is 0 Å². The van der Waals surface area contributed by atoms with Crippen LogP contribution in [0.15, 0.2) is 62.0 Å². The highest BCUT2D eigenvalue weighted by atomic mass is 79.9. The molecule has 1 aromatic carbocycles. The van der Waals surface area contributed by atoms with Gasteiger partial charge in [-0.1, -0.05) is 12.1 Å². The van der Waals surface area contributed by atoms with Crippen LogP contribution in [-0.2, 0) is 13.2 Å². The van der Waals surface area contributed by atoms with Crippen LogP contribution in [0.4, 0.5) is 0 Å². The molecule has 0 spiro atoms. The number of aryl methyl sites for hydroxylation is 1. The van der Waals surface area contributed by atoms with Gasteiger partial charge in [-0.3, -0.25) is 9.48 Å². The Morgan fingerprint density at radius 3 is 2.81 bits per heavy atom. The van der Waals surface area contributed by atoms with Crippen LogP contribution in [0.5, 0.6) is 5.75 Å². The van der Waals surface area contributed by atoms with Gasteiger partial charge in [0, 0.05) is 6.54 Å². The van der Waals surface area contributed by atoms with Crippen LogP contribution < -0.4 is 4.74 Å². The number of rotatable bonds is 7. The molecule has 0 saturated carbocycles. The fourth-order valence-corrected chi connectivity index (χ4v) is 3.25. The zero-order chi connectivity index (χ0) is 18.5. The number of allylic oxidation sites excluding steroid dienone is 1. The van der Waals surface area contributed by atoms with Gasteiger partial charge in [-0.2, -0.15) is 5.10 Å². The Balaban J connectivity index is 1.64. The monoisotopic (exact) mass is 478 g/mol. The normalized spacial score (nSPS) is 11.2. The lowest BCUT2D eigenvalue weighted by atomic mass is 10.2. The Kier molecular flexibility index (Phi) is 6.11. The van der Waals surface area contributed by atoms with Crippen molar-refractivity contribution < 1.29 is 13.9 Å². The molecule has 0 aliphatic heterocycles. The zero-order valence-corrected chi connectivity index (χ0v) is 17.2. The first-order valence-electron chi connectivity index (χ1n) is 7.98. The molecule has 0 fully saturated rings. The van der Waals surface area contributed by atoms with Crippen LogP contribution in [0.1, 0.15) is 28.9 Å². The van der Waals surface area contributed by atoms with Crippen LogP contribution in [0.25, 0.3) is 6.08 Å². The van der Waals surface area contributed by atoms with E-state index >= 15 is 0 Å². The maximum absolute atomic E-state index is 12.4. The predicted octanol–water partition coefficient (Wildman–Crippen LogP) is 5.50. The second kappa shape index (κ2) is 8.51. The summed E-state index contributed by atoms with van der Waals surface area (Å²) < 4.78 is 14.6. The largest absolute Gasteiger partial charge is 0.484 e. The lowest BCUT2D eigenvalue weighted by Gasteiger charge is -2.05. The van der Waals surface area contributed by atoms with Crippen molar-refractivity contribution in [1.82, 2.24) is 9.78 Å². The summed E-state index contributed by atoms with van der Waals surface area (Å²) in [5.41, 5.74) is 0.521. The van der Waals surface area contributed by atoms with Crippen molar-refractivity contribution in [2.45, 2.75) is 20.1 Å². The smallest absolute Gasteiger partial charge is 0.205 e. The Hall–Kier alpha value is -2.12. The highest BCUT2D eigenvalue weighted by Gasteiger charge is 2.14. The molecule has 134 valence electrons. The highest BCUT2D eigenvalue weighted by Crippen LogP contribution is 2.25. The lowest BCUT2D eigenvalue weighted by molar-refractivity contribution is 0.103. The van der Waals surface area contributed by atoms with Gasteiger partial charge in [0.1, 0.15) is 29.6 Å². The van der Waals surface area contributed by atoms with Crippen molar-refractivity contribution >= 4 is 43.7 Å². The summed E-state index contributed by atoms with van der Waals surface area (Å²) in [5, 5.41) is 4.15. The van der Waals surface area contributed by atoms with Gasteiger partial charge in [0.2, 0.25) is 5.78 Å². The van der Waals surface area contributed by atoms with Gasteiger partial charge in [-0.25, -0.2) is 0 Å². The molecule has 0 aliphatic carbocycles. The summed E-state index contributed by atoms with van der Waals surface area (Å²) in [6.07, 6.45) is 4.74. The fraction of sp³-hybridized carbons (Fsp3) is 0.158. The van der Waals surface area contributed by atoms with Crippen molar-refractivity contribution in [2.75, 3.05) is 0 Å². The number of furan rings is 1. The van der Waals surface area contributed by atoms with Crippen LogP contribution >= 0.6 is 31.9 Å². The second-order valence-corrected chi connectivity index (χ2v) is 7.09. The van der Waals surface area contributed by atoms with E-state index in [1.807, 2.05) is 37.3 Å². The average molecular weight is 480 g/mol. The number of nitrogens with zero attached hydrogens (tertiary/aromatic N) is 2. The Labute approximate surface area is 167 Å². The highest BCUT2D eigenvalue weighted by molar-refractivity contribution is 9.10. The maximum atomic E-state index is 12.4. The number of carbonyl (C=O) groups is 1. The summed E-state index contributed by atoms with van der Waals surface area (Å²) in [6.45, 7) is 2.86. The van der Waals surface area contributed by atoms with Crippen LogP contribution in [-0.4, -0.2) is 15.6 Å². The topological polar surface area (TPSA) is 57.3 Å². The number of ether oxygens (including phenoxy) is 1. The van der Waals surface area contributed by atoms with E-state index in [0.717, 1.165) is 10.2 Å². The fourth-order valence-electron chi connectivity index (χ4n) is 2.36. The number of ketones is 1. The van der Waals surface area contributed by atoms with Gasteiger partial charge < -0.3 is 9.15 Å². The van der Waals surface area contributed by atoms with Crippen molar-refractivity contribution in [3.63, 3.8) is 0 Å². The third-order valence-electron chi connectivity index (χ3n) is 3.62. The van der Waals surface area contributed by atoms with Gasteiger partial charge in [-0.05, 0) is 75.2 Å². The SMILES string of the molecule is CCn1ncc(Br)c1C(=O)/C=C/c1ccc(COc2ccccc2Br)o1. The maximum Gasteiger partial charge on any atom is 0.205 e. The van der Waals surface area contributed by atoms with E-state index in [9.17, 15) is 4.79 Å². The summed E-state index contributed by atoms with van der Waals surface area (Å²) >= 11 is 6.79. The number of benzene rings is 1. The van der Waals surface area contributed by atoms with Crippen LogP contribution in [0.3, 0.4) is 0 Å². The molecule has 3 aromatic rings. The van der Waals surface area contributed by atoms with Crippen molar-refractivity contribution in [1.29, 1.82) is 0 Å². The summed E-state index contributed by atoms with van der Waals surface area (Å²) in [5.74, 6) is 1.86. The molecule has 2 aromatic heterocycles. The van der Waals surface area contributed by atoms with E-state index in [1.54, 1.807) is 23.0 Å². The van der Waals surface area contributed by atoms with E-state index in [4.69, 9.17) is 9.15 Å². The summed E-state index contributed by atoms with van der Waals surface area (Å²) in [4.78, 5) is 12.4. The molecule has 0 bridgehead atoms. The predicted molar refractivity (Wildman–Crippen MR) is 106 cm³/mol. The molecular formula is C19H16Br2N2O3. The van der Waals surface area contributed by atoms with E-state index < -0.39 is 0 Å². The number of hydrogen-bond acceptors (Lipinski definition) is 4. The standard InChI is InChI=1S/C19H16Br2N2O3/c1-2-23-19(16(21)11-22-23)17(24)10-9-13-7-8-14(26-13)12-25-18-6-4-3-5-15(18)20/h3-11H,2,12H2,1H3/b10-9+. The second-order valence-electron chi connectivity index (χ2n) is 5.38. The number of aromatic nitrogens is 2. The molecule has 0 N–H and O–H groups in total. The van der Waals surface area contributed by atoms with Crippen molar-refractivity contribution in [3.8, 4) is 5.75 Å². The Morgan fingerprint density at radius 2 is 2.04 bits per heavy atom. The molecule has 0 saturated heterocycles. The first kappa shape index (κ1) is 18.7. The molecule has 3 rings (SSSR count). The zero-order valence-electron chi connectivity index (χ0n) is 14.0. The number of hydrogen-bond donors (Lipinski definition) is 0. The first-order valence-corrected chi connectivity index (χ1v) is 9.57. The van der Waals surface area contributed by atoms with E-state index in [1.165, 1.54) is 6.08 Å². The molecule has 26 heavy (non-hydrogen) atoms. The van der Waals surface area contributed by atoms with E-state index in [-0.39, 0.29) is 5.78 Å². The quantitative estimate of drug-likeness (QED) is 0.331. The van der Waals surface area contributed by atoms with Crippen molar-refractivity contribution in [2.24, 2.45) is 0 Å². The number of halogens is 2. The average Bonchev–Trinajstić information content (AvgIpc) is 3.25. The minimum Gasteiger partial charge on any atom is -0.484 e. The molecule has 2 heterocycles. The molecular weight excluding hydrogens is 464 g/mol. The third kappa shape index (κ3) is 4.34. The first-order chi connectivity index (χ1) is 12.6. The molecule has 0 unspecified atom stereocenters. The lowest BCUT2D eigenvalue weighted by Crippen LogP contribution is -2.07. The summed E-state index contributed by atoms with van der Waals surface area (Å²) in [6, 6.07) is 11.2. The van der Waals surface area contributed by atoms with Crippen LogP contribution in [0, 0.1) is 0 Å². The van der Waals surface area contributed by atoms with Gasteiger partial charge >= 0.3 is 0 Å². The number of para-hydroxylation sites is 1. The van der Waals surface area contributed by atoms with E-state index in [0.29, 0.717) is 34.8 Å². The van der Waals surface area contributed by atoms with Gasteiger partial charge in [0.05, 0.1) is 15.1 Å². The molecule has 0 atom stereocenters. The minimum atomic E-state index is -0.140. The van der Waals surface area contributed by atoms with Gasteiger partial charge in [0.25, 0.3) is 0 Å². The molecule has 0 radical (unpaired) electrons. The van der Waals surface area contributed by atoms with E-state index in [2.05, 4.69) is 37.0 Å². The molecule has 7 heteroatoms.